The first-order valence-corrected chi connectivity index (χ1v) is 12.4. The molecule has 5 nitrogen and oxygen atoms in total. The fraction of sp³-hybridized carbons (Fsp3) is 0.520. The van der Waals surface area contributed by atoms with Crippen LogP contribution in [0.4, 0.5) is 0 Å². The lowest BCUT2D eigenvalue weighted by atomic mass is 9.93. The van der Waals surface area contributed by atoms with E-state index >= 15 is 0 Å². The van der Waals surface area contributed by atoms with Crippen molar-refractivity contribution in [2.75, 3.05) is 39.8 Å². The molecular formula is C25H34N4OS. The maximum atomic E-state index is 13.1. The first kappa shape index (κ1) is 22.2. The second-order valence-corrected chi connectivity index (χ2v) is 9.92. The zero-order chi connectivity index (χ0) is 21.5. The fourth-order valence-electron chi connectivity index (χ4n) is 4.76. The number of hydrogen-bond acceptors (Lipinski definition) is 5. The van der Waals surface area contributed by atoms with Crippen LogP contribution in [0.5, 0.6) is 0 Å². The summed E-state index contributed by atoms with van der Waals surface area (Å²) in [5.74, 6) is 0.673. The molecule has 0 spiro atoms. The molecule has 2 saturated heterocycles. The number of carbonyl (C=O) groups is 1. The molecule has 2 aromatic rings. The van der Waals surface area contributed by atoms with Gasteiger partial charge < -0.3 is 14.7 Å². The average molecular weight is 439 g/mol. The third-order valence-electron chi connectivity index (χ3n) is 6.70. The largest absolute Gasteiger partial charge is 0.335 e. The van der Waals surface area contributed by atoms with Crippen LogP contribution in [0.2, 0.25) is 0 Å². The number of amides is 1. The molecule has 4 heterocycles. The van der Waals surface area contributed by atoms with Crippen LogP contribution < -0.4 is 0 Å². The molecule has 0 unspecified atom stereocenters. The standard InChI is InChI=1S/C25H34N4OS/c1-27-14-10-23(11-15-27)28-16-8-22(9-17-28)20-29(19-21-6-12-26-13-7-21)25(30)5-4-24-3-2-18-31-24/h2-7,12-13,18,22-23H,8-11,14-17,19-20H2,1H3/b5-4+. The minimum absolute atomic E-state index is 0.1000. The second-order valence-electron chi connectivity index (χ2n) is 8.94. The molecule has 1 amide bonds. The van der Waals surface area contributed by atoms with Crippen LogP contribution in [0.3, 0.4) is 0 Å². The van der Waals surface area contributed by atoms with Crippen molar-refractivity contribution in [2.45, 2.75) is 38.3 Å². The number of nitrogens with zero attached hydrogens (tertiary/aromatic N) is 4. The van der Waals surface area contributed by atoms with Crippen LogP contribution in [-0.4, -0.2) is 71.4 Å². The quantitative estimate of drug-likeness (QED) is 0.613. The third kappa shape index (κ3) is 6.48. The summed E-state index contributed by atoms with van der Waals surface area (Å²) >= 11 is 1.66. The van der Waals surface area contributed by atoms with E-state index in [1.807, 2.05) is 40.6 Å². The first-order chi connectivity index (χ1) is 15.2. The molecule has 0 N–H and O–H groups in total. The molecule has 0 radical (unpaired) electrons. The van der Waals surface area contributed by atoms with Gasteiger partial charge in [-0.25, -0.2) is 0 Å². The summed E-state index contributed by atoms with van der Waals surface area (Å²) in [6.07, 6.45) is 12.2. The molecule has 0 saturated carbocycles. The molecule has 4 rings (SSSR count). The predicted octanol–water partition coefficient (Wildman–Crippen LogP) is 3.99. The van der Waals surface area contributed by atoms with Crippen molar-refractivity contribution in [2.24, 2.45) is 5.92 Å². The molecule has 2 aliphatic heterocycles. The maximum Gasteiger partial charge on any atom is 0.246 e. The van der Waals surface area contributed by atoms with Gasteiger partial charge in [-0.2, -0.15) is 0 Å². The normalized spacial score (nSPS) is 19.8. The summed E-state index contributed by atoms with van der Waals surface area (Å²) in [5, 5.41) is 2.04. The van der Waals surface area contributed by atoms with E-state index in [0.29, 0.717) is 12.5 Å². The van der Waals surface area contributed by atoms with Gasteiger partial charge in [-0.1, -0.05) is 6.07 Å². The van der Waals surface area contributed by atoms with Crippen LogP contribution >= 0.6 is 11.3 Å². The number of piperidine rings is 2. The van der Waals surface area contributed by atoms with Crippen LogP contribution in [-0.2, 0) is 11.3 Å². The zero-order valence-corrected chi connectivity index (χ0v) is 19.3. The Morgan fingerprint density at radius 2 is 1.87 bits per heavy atom. The van der Waals surface area contributed by atoms with Crippen LogP contribution in [0.25, 0.3) is 6.08 Å². The van der Waals surface area contributed by atoms with Gasteiger partial charge in [0.1, 0.15) is 0 Å². The van der Waals surface area contributed by atoms with Crippen molar-refractivity contribution in [3.63, 3.8) is 0 Å². The van der Waals surface area contributed by atoms with Gasteiger partial charge in [0.05, 0.1) is 0 Å². The molecule has 2 aromatic heterocycles. The predicted molar refractivity (Wildman–Crippen MR) is 128 cm³/mol. The van der Waals surface area contributed by atoms with Gasteiger partial charge in [0, 0.05) is 42.5 Å². The number of hydrogen-bond donors (Lipinski definition) is 0. The van der Waals surface area contributed by atoms with Gasteiger partial charge >= 0.3 is 0 Å². The van der Waals surface area contributed by atoms with Gasteiger partial charge in [0.25, 0.3) is 0 Å². The molecular weight excluding hydrogens is 404 g/mol. The van der Waals surface area contributed by atoms with E-state index in [4.69, 9.17) is 0 Å². The van der Waals surface area contributed by atoms with E-state index in [1.54, 1.807) is 29.8 Å². The average Bonchev–Trinajstić information content (AvgIpc) is 3.33. The Labute approximate surface area is 190 Å². The Bertz CT molecular complexity index is 822. The van der Waals surface area contributed by atoms with E-state index in [1.165, 1.54) is 51.9 Å². The highest BCUT2D eigenvalue weighted by Gasteiger charge is 2.28. The number of likely N-dealkylation sites (tertiary alicyclic amines) is 2. The highest BCUT2D eigenvalue weighted by molar-refractivity contribution is 7.10. The molecule has 0 aliphatic carbocycles. The molecule has 166 valence electrons. The van der Waals surface area contributed by atoms with E-state index < -0.39 is 0 Å². The van der Waals surface area contributed by atoms with Gasteiger partial charge in [-0.15, -0.1) is 11.3 Å². The molecule has 31 heavy (non-hydrogen) atoms. The third-order valence-corrected chi connectivity index (χ3v) is 7.54. The lowest BCUT2D eigenvalue weighted by molar-refractivity contribution is -0.127. The zero-order valence-electron chi connectivity index (χ0n) is 18.5. The smallest absolute Gasteiger partial charge is 0.246 e. The number of thiophene rings is 1. The highest BCUT2D eigenvalue weighted by atomic mass is 32.1. The van der Waals surface area contributed by atoms with Crippen molar-refractivity contribution >= 4 is 23.3 Å². The second kappa shape index (κ2) is 11.0. The topological polar surface area (TPSA) is 39.7 Å². The fourth-order valence-corrected chi connectivity index (χ4v) is 5.38. The molecule has 0 atom stereocenters. The van der Waals surface area contributed by atoms with E-state index in [0.717, 1.165) is 23.0 Å². The molecule has 6 heteroatoms. The number of carbonyl (C=O) groups excluding carboxylic acids is 1. The van der Waals surface area contributed by atoms with Gasteiger partial charge in [0.2, 0.25) is 5.91 Å². The molecule has 2 aliphatic rings. The minimum Gasteiger partial charge on any atom is -0.335 e. The Kier molecular flexibility index (Phi) is 7.89. The maximum absolute atomic E-state index is 13.1. The lowest BCUT2D eigenvalue weighted by Crippen LogP contribution is -2.48. The van der Waals surface area contributed by atoms with Crippen LogP contribution in [0, 0.1) is 5.92 Å². The van der Waals surface area contributed by atoms with Gasteiger partial charge in [-0.05, 0) is 100 Å². The van der Waals surface area contributed by atoms with Crippen molar-refractivity contribution in [3.8, 4) is 0 Å². The Morgan fingerprint density at radius 3 is 2.55 bits per heavy atom. The highest BCUT2D eigenvalue weighted by Crippen LogP contribution is 2.25. The monoisotopic (exact) mass is 438 g/mol. The van der Waals surface area contributed by atoms with E-state index in [9.17, 15) is 4.79 Å². The summed E-state index contributed by atoms with van der Waals surface area (Å²) in [6, 6.07) is 8.82. The Morgan fingerprint density at radius 1 is 1.13 bits per heavy atom. The lowest BCUT2D eigenvalue weighted by Gasteiger charge is -2.41. The number of rotatable bonds is 7. The van der Waals surface area contributed by atoms with Crippen LogP contribution in [0.1, 0.15) is 36.1 Å². The van der Waals surface area contributed by atoms with E-state index in [2.05, 4.69) is 21.8 Å². The first-order valence-electron chi connectivity index (χ1n) is 11.5. The summed E-state index contributed by atoms with van der Waals surface area (Å²) < 4.78 is 0. The minimum atomic E-state index is 0.1000. The van der Waals surface area contributed by atoms with Crippen molar-refractivity contribution in [1.82, 2.24) is 19.7 Å². The Hall–Kier alpha value is -2.02. The molecule has 2 fully saturated rings. The van der Waals surface area contributed by atoms with Crippen LogP contribution in [0.15, 0.2) is 48.1 Å². The van der Waals surface area contributed by atoms with Crippen molar-refractivity contribution < 1.29 is 4.79 Å². The summed E-state index contributed by atoms with van der Waals surface area (Å²) in [6.45, 7) is 6.25. The number of aromatic nitrogens is 1. The molecule has 0 aromatic carbocycles. The van der Waals surface area contributed by atoms with Gasteiger partial charge in [-0.3, -0.25) is 9.78 Å². The number of pyridine rings is 1. The summed E-state index contributed by atoms with van der Waals surface area (Å²) in [4.78, 5) is 25.5. The Balaban J connectivity index is 1.35. The van der Waals surface area contributed by atoms with Gasteiger partial charge in [0.15, 0.2) is 0 Å². The van der Waals surface area contributed by atoms with Crippen molar-refractivity contribution in [1.29, 1.82) is 0 Å². The summed E-state index contributed by atoms with van der Waals surface area (Å²) in [5.41, 5.74) is 1.14. The van der Waals surface area contributed by atoms with E-state index in [-0.39, 0.29) is 5.91 Å². The SMILES string of the molecule is CN1CCC(N2CCC(CN(Cc3ccncc3)C(=O)/C=C/c3cccs3)CC2)CC1. The molecule has 0 bridgehead atoms. The van der Waals surface area contributed by atoms with Crippen molar-refractivity contribution in [3.05, 3.63) is 58.6 Å². The summed E-state index contributed by atoms with van der Waals surface area (Å²) in [7, 11) is 2.23.